The van der Waals surface area contributed by atoms with Crippen molar-refractivity contribution in [1.29, 1.82) is 0 Å². The molecule has 0 atom stereocenters. The Morgan fingerprint density at radius 3 is 2.67 bits per heavy atom. The Hall–Kier alpha value is -3.03. The number of hydrazone groups is 1. The Kier molecular flexibility index (Phi) is 7.32. The van der Waals surface area contributed by atoms with Crippen molar-refractivity contribution in [3.05, 3.63) is 86.8 Å². The Bertz CT molecular complexity index is 1090. The molecule has 154 valence electrons. The van der Waals surface area contributed by atoms with E-state index in [4.69, 9.17) is 21.1 Å². The van der Waals surface area contributed by atoms with Gasteiger partial charge >= 0.3 is 0 Å². The fourth-order valence-corrected chi connectivity index (χ4v) is 3.38. The monoisotopic (exact) mass is 488 g/mol. The number of nitrogens with zero attached hydrogens (tertiary/aromatic N) is 1. The van der Waals surface area contributed by atoms with Gasteiger partial charge in [-0.2, -0.15) is 5.10 Å². The molecule has 0 fully saturated rings. The van der Waals surface area contributed by atoms with E-state index in [0.717, 1.165) is 5.56 Å². The third-order valence-electron chi connectivity index (χ3n) is 4.11. The summed E-state index contributed by atoms with van der Waals surface area (Å²) in [4.78, 5) is 12.1. The van der Waals surface area contributed by atoms with Gasteiger partial charge in [0.1, 0.15) is 12.4 Å². The van der Waals surface area contributed by atoms with Crippen LogP contribution in [0.4, 0.5) is 0 Å². The SMILES string of the molecule is COc1cc(C=NNC(=O)c2ccccc2O)cc(Br)c1OCc1ccccc1Cl. The minimum absolute atomic E-state index is 0.116. The molecule has 0 heterocycles. The van der Waals surface area contributed by atoms with Crippen LogP contribution in [0.3, 0.4) is 0 Å². The van der Waals surface area contributed by atoms with Crippen LogP contribution in [0.25, 0.3) is 0 Å². The van der Waals surface area contributed by atoms with Crippen LogP contribution in [-0.4, -0.2) is 24.3 Å². The van der Waals surface area contributed by atoms with Crippen molar-refractivity contribution in [3.8, 4) is 17.2 Å². The number of phenolic OH excluding ortho intramolecular Hbond substituents is 1. The highest BCUT2D eigenvalue weighted by Gasteiger charge is 2.13. The van der Waals surface area contributed by atoms with Crippen molar-refractivity contribution < 1.29 is 19.4 Å². The van der Waals surface area contributed by atoms with E-state index in [2.05, 4.69) is 26.5 Å². The Labute approximate surface area is 187 Å². The van der Waals surface area contributed by atoms with Gasteiger partial charge in [-0.25, -0.2) is 5.43 Å². The number of ether oxygens (including phenoxy) is 2. The molecule has 0 saturated heterocycles. The molecule has 2 N–H and O–H groups in total. The zero-order valence-corrected chi connectivity index (χ0v) is 18.3. The topological polar surface area (TPSA) is 80.2 Å². The maximum absolute atomic E-state index is 12.1. The number of halogens is 2. The molecule has 3 aromatic carbocycles. The average Bonchev–Trinajstić information content (AvgIpc) is 2.74. The third kappa shape index (κ3) is 5.31. The summed E-state index contributed by atoms with van der Waals surface area (Å²) in [5.41, 5.74) is 4.04. The standard InChI is InChI=1S/C22H18BrClN2O4/c1-29-20-11-14(12-25-26-22(28)16-7-3-5-9-19(16)27)10-17(23)21(20)30-13-15-6-2-4-8-18(15)24/h2-12,27H,13H2,1H3,(H,26,28). The van der Waals surface area contributed by atoms with Crippen LogP contribution in [0.1, 0.15) is 21.5 Å². The van der Waals surface area contributed by atoms with Crippen molar-refractivity contribution in [1.82, 2.24) is 5.43 Å². The van der Waals surface area contributed by atoms with Crippen LogP contribution < -0.4 is 14.9 Å². The number of carbonyl (C=O) groups is 1. The number of carbonyl (C=O) groups excluding carboxylic acids is 1. The second-order valence-electron chi connectivity index (χ2n) is 6.13. The number of phenols is 1. The lowest BCUT2D eigenvalue weighted by molar-refractivity contribution is 0.0952. The lowest BCUT2D eigenvalue weighted by Gasteiger charge is -2.14. The second kappa shape index (κ2) is 10.1. The molecule has 0 bridgehead atoms. The summed E-state index contributed by atoms with van der Waals surface area (Å²) < 4.78 is 12.0. The molecule has 0 aliphatic rings. The van der Waals surface area contributed by atoms with Crippen LogP contribution in [0.2, 0.25) is 5.02 Å². The van der Waals surface area contributed by atoms with E-state index in [0.29, 0.717) is 26.6 Å². The van der Waals surface area contributed by atoms with Crippen molar-refractivity contribution >= 4 is 39.7 Å². The zero-order valence-electron chi connectivity index (χ0n) is 15.9. The van der Waals surface area contributed by atoms with Crippen molar-refractivity contribution in [3.63, 3.8) is 0 Å². The number of hydrogen-bond acceptors (Lipinski definition) is 5. The predicted octanol–water partition coefficient (Wildman–Crippen LogP) is 5.16. The van der Waals surface area contributed by atoms with Gasteiger partial charge in [-0.3, -0.25) is 4.79 Å². The summed E-state index contributed by atoms with van der Waals surface area (Å²) in [6.45, 7) is 0.276. The van der Waals surface area contributed by atoms with E-state index in [1.165, 1.54) is 25.5 Å². The molecule has 30 heavy (non-hydrogen) atoms. The van der Waals surface area contributed by atoms with Crippen molar-refractivity contribution in [2.45, 2.75) is 6.61 Å². The number of hydrogen-bond donors (Lipinski definition) is 2. The predicted molar refractivity (Wildman–Crippen MR) is 120 cm³/mol. The normalized spacial score (nSPS) is 10.8. The number of nitrogens with one attached hydrogen (secondary N) is 1. The molecule has 0 spiro atoms. The molecule has 0 radical (unpaired) electrons. The van der Waals surface area contributed by atoms with Gasteiger partial charge in [0.2, 0.25) is 0 Å². The highest BCUT2D eigenvalue weighted by molar-refractivity contribution is 9.10. The van der Waals surface area contributed by atoms with Crippen LogP contribution in [0.15, 0.2) is 70.2 Å². The van der Waals surface area contributed by atoms with Gasteiger partial charge in [-0.1, -0.05) is 41.9 Å². The molecule has 8 heteroatoms. The molecule has 3 aromatic rings. The summed E-state index contributed by atoms with van der Waals surface area (Å²) in [5.74, 6) is 0.377. The summed E-state index contributed by atoms with van der Waals surface area (Å²) in [6.07, 6.45) is 1.46. The highest BCUT2D eigenvalue weighted by atomic mass is 79.9. The molecule has 1 amide bonds. The Morgan fingerprint density at radius 1 is 1.20 bits per heavy atom. The maximum Gasteiger partial charge on any atom is 0.275 e. The van der Waals surface area contributed by atoms with Crippen LogP contribution >= 0.6 is 27.5 Å². The first kappa shape index (κ1) is 21.7. The summed E-state index contributed by atoms with van der Waals surface area (Å²) >= 11 is 9.65. The van der Waals surface area contributed by atoms with E-state index in [9.17, 15) is 9.90 Å². The number of rotatable bonds is 7. The Morgan fingerprint density at radius 2 is 1.93 bits per heavy atom. The number of benzene rings is 3. The van der Waals surface area contributed by atoms with Gasteiger partial charge < -0.3 is 14.6 Å². The van der Waals surface area contributed by atoms with Gasteiger partial charge in [0, 0.05) is 10.6 Å². The molecule has 0 aliphatic heterocycles. The second-order valence-corrected chi connectivity index (χ2v) is 7.39. The summed E-state index contributed by atoms with van der Waals surface area (Å²) in [6, 6.07) is 17.2. The lowest BCUT2D eigenvalue weighted by Crippen LogP contribution is -2.17. The van der Waals surface area contributed by atoms with Crippen molar-refractivity contribution in [2.75, 3.05) is 7.11 Å². The van der Waals surface area contributed by atoms with E-state index in [1.54, 1.807) is 30.3 Å². The minimum atomic E-state index is -0.518. The number of para-hydroxylation sites is 1. The zero-order chi connectivity index (χ0) is 21.5. The fraction of sp³-hybridized carbons (Fsp3) is 0.0909. The first-order chi connectivity index (χ1) is 14.5. The van der Waals surface area contributed by atoms with E-state index < -0.39 is 5.91 Å². The molecule has 0 aliphatic carbocycles. The molecule has 0 aromatic heterocycles. The van der Waals surface area contributed by atoms with E-state index in [1.807, 2.05) is 18.2 Å². The van der Waals surface area contributed by atoms with Gasteiger partial charge in [-0.15, -0.1) is 0 Å². The first-order valence-electron chi connectivity index (χ1n) is 8.84. The first-order valence-corrected chi connectivity index (χ1v) is 10.0. The number of aromatic hydroxyl groups is 1. The number of amides is 1. The highest BCUT2D eigenvalue weighted by Crippen LogP contribution is 2.37. The summed E-state index contributed by atoms with van der Waals surface area (Å²) in [7, 11) is 1.53. The van der Waals surface area contributed by atoms with Gasteiger partial charge in [-0.05, 0) is 51.8 Å². The smallest absolute Gasteiger partial charge is 0.275 e. The third-order valence-corrected chi connectivity index (χ3v) is 5.07. The molecule has 3 rings (SSSR count). The molecule has 0 unspecified atom stereocenters. The minimum Gasteiger partial charge on any atom is -0.507 e. The quantitative estimate of drug-likeness (QED) is 0.355. The molecule has 0 saturated carbocycles. The summed E-state index contributed by atoms with van der Waals surface area (Å²) in [5, 5.41) is 14.3. The number of methoxy groups -OCH3 is 1. The Balaban J connectivity index is 1.72. The average molecular weight is 490 g/mol. The van der Waals surface area contributed by atoms with Gasteiger partial charge in [0.05, 0.1) is 23.4 Å². The van der Waals surface area contributed by atoms with Crippen LogP contribution in [0.5, 0.6) is 17.2 Å². The van der Waals surface area contributed by atoms with Gasteiger partial charge in [0.25, 0.3) is 5.91 Å². The largest absolute Gasteiger partial charge is 0.507 e. The van der Waals surface area contributed by atoms with E-state index in [-0.39, 0.29) is 17.9 Å². The van der Waals surface area contributed by atoms with Crippen molar-refractivity contribution in [2.24, 2.45) is 5.10 Å². The fourth-order valence-electron chi connectivity index (χ4n) is 2.61. The van der Waals surface area contributed by atoms with Crippen LogP contribution in [0, 0.1) is 0 Å². The van der Waals surface area contributed by atoms with Crippen LogP contribution in [-0.2, 0) is 6.61 Å². The van der Waals surface area contributed by atoms with E-state index >= 15 is 0 Å². The molecule has 6 nitrogen and oxygen atoms in total. The maximum atomic E-state index is 12.1. The molecular weight excluding hydrogens is 472 g/mol. The lowest BCUT2D eigenvalue weighted by atomic mass is 10.2. The molecular formula is C22H18BrClN2O4. The van der Waals surface area contributed by atoms with Gasteiger partial charge in [0.15, 0.2) is 11.5 Å².